The van der Waals surface area contributed by atoms with Crippen molar-refractivity contribution in [3.05, 3.63) is 23.8 Å². The number of benzene rings is 1. The average molecular weight is 132 g/mol. The molecule has 0 unspecified atom stereocenters. The van der Waals surface area contributed by atoms with Gasteiger partial charge in [-0.15, -0.1) is 6.42 Å². The van der Waals surface area contributed by atoms with E-state index in [4.69, 9.17) is 17.9 Å². The summed E-state index contributed by atoms with van der Waals surface area (Å²) >= 11 is 0. The van der Waals surface area contributed by atoms with Crippen LogP contribution < -0.4 is 11.5 Å². The predicted molar refractivity (Wildman–Crippen MR) is 43.2 cm³/mol. The zero-order valence-electron chi connectivity index (χ0n) is 5.46. The molecule has 0 aromatic heterocycles. The Bertz CT molecular complexity index is 284. The minimum absolute atomic E-state index is 0.594. The predicted octanol–water partition coefficient (Wildman–Crippen LogP) is 0.832. The largest absolute Gasteiger partial charge is 0.399 e. The Hall–Kier alpha value is -1.62. The van der Waals surface area contributed by atoms with Crippen molar-refractivity contribution in [2.24, 2.45) is 0 Å². The van der Waals surface area contributed by atoms with Crippen molar-refractivity contribution >= 4 is 11.4 Å². The van der Waals surface area contributed by atoms with Crippen molar-refractivity contribution in [1.29, 1.82) is 0 Å². The number of nitrogens with two attached hydrogens (primary N) is 2. The van der Waals surface area contributed by atoms with Gasteiger partial charge in [-0.05, 0) is 18.2 Å². The fourth-order valence-electron chi connectivity index (χ4n) is 0.699. The first-order valence-electron chi connectivity index (χ1n) is 2.85. The lowest BCUT2D eigenvalue weighted by Crippen LogP contribution is -1.92. The molecule has 0 heterocycles. The molecule has 4 N–H and O–H groups in total. The molecular weight excluding hydrogens is 124 g/mol. The maximum absolute atomic E-state index is 5.50. The first-order chi connectivity index (χ1) is 4.74. The van der Waals surface area contributed by atoms with Crippen molar-refractivity contribution in [2.45, 2.75) is 0 Å². The van der Waals surface area contributed by atoms with Crippen LogP contribution in [-0.2, 0) is 0 Å². The van der Waals surface area contributed by atoms with Gasteiger partial charge in [0.15, 0.2) is 0 Å². The fourth-order valence-corrected chi connectivity index (χ4v) is 0.699. The quantitative estimate of drug-likeness (QED) is 0.406. The van der Waals surface area contributed by atoms with Gasteiger partial charge in [-0.25, -0.2) is 0 Å². The van der Waals surface area contributed by atoms with E-state index in [1.165, 1.54) is 0 Å². The van der Waals surface area contributed by atoms with Gasteiger partial charge in [0.1, 0.15) is 0 Å². The number of anilines is 2. The fraction of sp³-hybridized carbons (Fsp3) is 0. The van der Waals surface area contributed by atoms with Gasteiger partial charge in [-0.1, -0.05) is 5.92 Å². The first-order valence-corrected chi connectivity index (χ1v) is 2.85. The third-order valence-corrected chi connectivity index (χ3v) is 1.23. The Kier molecular flexibility index (Phi) is 1.51. The van der Waals surface area contributed by atoms with Crippen LogP contribution in [0.3, 0.4) is 0 Å². The van der Waals surface area contributed by atoms with E-state index in [0.29, 0.717) is 16.9 Å². The van der Waals surface area contributed by atoms with Crippen molar-refractivity contribution in [2.75, 3.05) is 11.5 Å². The molecule has 10 heavy (non-hydrogen) atoms. The molecule has 1 aromatic carbocycles. The number of nitrogen functional groups attached to an aromatic ring is 2. The van der Waals surface area contributed by atoms with Crippen LogP contribution in [0.4, 0.5) is 11.4 Å². The van der Waals surface area contributed by atoms with Crippen molar-refractivity contribution < 1.29 is 0 Å². The number of hydrogen-bond acceptors (Lipinski definition) is 2. The Morgan fingerprint density at radius 3 is 2.50 bits per heavy atom. The molecule has 2 heteroatoms. The van der Waals surface area contributed by atoms with Crippen molar-refractivity contribution in [3.63, 3.8) is 0 Å². The summed E-state index contributed by atoms with van der Waals surface area (Å²) in [5.74, 6) is 2.43. The smallest absolute Gasteiger partial charge is 0.0492 e. The second kappa shape index (κ2) is 2.32. The number of hydrogen-bond donors (Lipinski definition) is 2. The minimum atomic E-state index is 0.594. The highest BCUT2D eigenvalue weighted by Crippen LogP contribution is 2.13. The summed E-state index contributed by atoms with van der Waals surface area (Å²) in [5, 5.41) is 0. The van der Waals surface area contributed by atoms with Crippen molar-refractivity contribution in [1.82, 2.24) is 0 Å². The molecule has 0 atom stereocenters. The summed E-state index contributed by atoms with van der Waals surface area (Å²) < 4.78 is 0. The summed E-state index contributed by atoms with van der Waals surface area (Å²) in [7, 11) is 0. The molecule has 1 aromatic rings. The molecule has 0 radical (unpaired) electrons. The minimum Gasteiger partial charge on any atom is -0.399 e. The lowest BCUT2D eigenvalue weighted by Gasteiger charge is -1.97. The Morgan fingerprint density at radius 2 is 2.00 bits per heavy atom. The zero-order chi connectivity index (χ0) is 7.56. The molecule has 2 nitrogen and oxygen atoms in total. The van der Waals surface area contributed by atoms with E-state index >= 15 is 0 Å². The van der Waals surface area contributed by atoms with Crippen LogP contribution in [0.15, 0.2) is 18.2 Å². The van der Waals surface area contributed by atoms with E-state index in [0.717, 1.165) is 0 Å². The molecule has 50 valence electrons. The molecule has 0 aliphatic rings. The second-order valence-corrected chi connectivity index (χ2v) is 1.99. The summed E-state index contributed by atoms with van der Waals surface area (Å²) in [6.07, 6.45) is 5.13. The molecule has 0 bridgehead atoms. The summed E-state index contributed by atoms with van der Waals surface area (Å²) in [4.78, 5) is 0. The standard InChI is InChI=1S/C8H8N2/c1-2-6-5-7(9)3-4-8(6)10/h1,3-5H,9-10H2. The van der Waals surface area contributed by atoms with Gasteiger partial charge in [0, 0.05) is 16.9 Å². The summed E-state index contributed by atoms with van der Waals surface area (Å²) in [6.45, 7) is 0. The second-order valence-electron chi connectivity index (χ2n) is 1.99. The highest BCUT2D eigenvalue weighted by Gasteiger charge is 1.93. The average Bonchev–Trinajstić information content (AvgIpc) is 1.94. The van der Waals surface area contributed by atoms with Crippen LogP contribution >= 0.6 is 0 Å². The van der Waals surface area contributed by atoms with Gasteiger partial charge < -0.3 is 11.5 Å². The topological polar surface area (TPSA) is 52.0 Å². The van der Waals surface area contributed by atoms with Crippen LogP contribution in [-0.4, -0.2) is 0 Å². The van der Waals surface area contributed by atoms with Gasteiger partial charge in [0.25, 0.3) is 0 Å². The van der Waals surface area contributed by atoms with Crippen LogP contribution in [0.1, 0.15) is 5.56 Å². The molecular formula is C8H8N2. The van der Waals surface area contributed by atoms with Gasteiger partial charge in [0.05, 0.1) is 0 Å². The van der Waals surface area contributed by atoms with E-state index in [1.807, 2.05) is 0 Å². The van der Waals surface area contributed by atoms with Crippen LogP contribution in [0.25, 0.3) is 0 Å². The zero-order valence-corrected chi connectivity index (χ0v) is 5.46. The van der Waals surface area contributed by atoms with Crippen molar-refractivity contribution in [3.8, 4) is 12.3 Å². The third kappa shape index (κ3) is 1.03. The lowest BCUT2D eigenvalue weighted by atomic mass is 10.2. The SMILES string of the molecule is C#Cc1cc(N)ccc1N. The maximum atomic E-state index is 5.50. The normalized spacial score (nSPS) is 8.70. The molecule has 0 aliphatic carbocycles. The monoisotopic (exact) mass is 132 g/mol. The van der Waals surface area contributed by atoms with E-state index in [2.05, 4.69) is 5.92 Å². The molecule has 0 amide bonds. The molecule has 0 fully saturated rings. The van der Waals surface area contributed by atoms with E-state index in [1.54, 1.807) is 18.2 Å². The molecule has 1 rings (SSSR count). The van der Waals surface area contributed by atoms with Gasteiger partial charge in [0.2, 0.25) is 0 Å². The molecule has 0 saturated carbocycles. The Labute approximate surface area is 59.8 Å². The maximum Gasteiger partial charge on any atom is 0.0492 e. The lowest BCUT2D eigenvalue weighted by molar-refractivity contribution is 1.62. The number of rotatable bonds is 0. The highest BCUT2D eigenvalue weighted by atomic mass is 14.6. The molecule has 0 aliphatic heterocycles. The van der Waals surface area contributed by atoms with E-state index in [-0.39, 0.29) is 0 Å². The number of terminal acetylenes is 1. The van der Waals surface area contributed by atoms with E-state index < -0.39 is 0 Å². The molecule has 0 spiro atoms. The Balaban J connectivity index is 3.25. The van der Waals surface area contributed by atoms with Crippen LogP contribution in [0.5, 0.6) is 0 Å². The van der Waals surface area contributed by atoms with Gasteiger partial charge in [-0.2, -0.15) is 0 Å². The van der Waals surface area contributed by atoms with Crippen LogP contribution in [0.2, 0.25) is 0 Å². The summed E-state index contributed by atoms with van der Waals surface area (Å²) in [5.41, 5.74) is 12.8. The third-order valence-electron chi connectivity index (χ3n) is 1.23. The molecule has 0 saturated heterocycles. The first kappa shape index (κ1) is 6.50. The van der Waals surface area contributed by atoms with Crippen LogP contribution in [0, 0.1) is 12.3 Å². The van der Waals surface area contributed by atoms with Gasteiger partial charge in [-0.3, -0.25) is 0 Å². The Morgan fingerprint density at radius 1 is 1.30 bits per heavy atom. The summed E-state index contributed by atoms with van der Waals surface area (Å²) in [6, 6.07) is 5.09. The van der Waals surface area contributed by atoms with E-state index in [9.17, 15) is 0 Å². The highest BCUT2D eigenvalue weighted by molar-refractivity contribution is 5.61. The van der Waals surface area contributed by atoms with Gasteiger partial charge >= 0.3 is 0 Å².